The van der Waals surface area contributed by atoms with Gasteiger partial charge in [0, 0.05) is 24.2 Å². The minimum Gasteiger partial charge on any atom is -0.327 e. The van der Waals surface area contributed by atoms with Crippen LogP contribution in [-0.4, -0.2) is 21.1 Å². The predicted molar refractivity (Wildman–Crippen MR) is 78.7 cm³/mol. The zero-order valence-electron chi connectivity index (χ0n) is 9.64. The van der Waals surface area contributed by atoms with Gasteiger partial charge >= 0.3 is 0 Å². The van der Waals surface area contributed by atoms with Gasteiger partial charge in [0.2, 0.25) is 0 Å². The summed E-state index contributed by atoms with van der Waals surface area (Å²) in [5.41, 5.74) is 0.836. The summed E-state index contributed by atoms with van der Waals surface area (Å²) in [4.78, 5) is 4.44. The third-order valence-corrected chi connectivity index (χ3v) is 4.93. The maximum Gasteiger partial charge on any atom is 0.143 e. The normalized spacial score (nSPS) is 19.3. The molecule has 1 unspecified atom stereocenters. The maximum absolute atomic E-state index is 6.26. The number of thioether (sulfide) groups is 1. The van der Waals surface area contributed by atoms with Gasteiger partial charge in [-0.1, -0.05) is 29.3 Å². The van der Waals surface area contributed by atoms with Gasteiger partial charge < -0.3 is 4.57 Å². The van der Waals surface area contributed by atoms with Crippen LogP contribution in [0.2, 0.25) is 10.0 Å². The van der Waals surface area contributed by atoms with Gasteiger partial charge in [-0.05, 0) is 24.3 Å². The van der Waals surface area contributed by atoms with Crippen LogP contribution in [0.25, 0.3) is 11.4 Å². The lowest BCUT2D eigenvalue weighted by Crippen LogP contribution is -2.08. The molecule has 2 aromatic rings. The lowest BCUT2D eigenvalue weighted by molar-refractivity contribution is 0.566. The van der Waals surface area contributed by atoms with E-state index in [2.05, 4.69) is 9.55 Å². The molecular weight excluding hydrogens is 287 g/mol. The number of nitrogens with zero attached hydrogens (tertiary/aromatic N) is 2. The first kappa shape index (κ1) is 12.4. The van der Waals surface area contributed by atoms with E-state index in [4.69, 9.17) is 23.2 Å². The van der Waals surface area contributed by atoms with Crippen LogP contribution in [0.3, 0.4) is 0 Å². The van der Waals surface area contributed by atoms with E-state index in [9.17, 15) is 0 Å². The molecule has 0 spiro atoms. The topological polar surface area (TPSA) is 17.8 Å². The van der Waals surface area contributed by atoms with Gasteiger partial charge in [0.25, 0.3) is 0 Å². The smallest absolute Gasteiger partial charge is 0.143 e. The summed E-state index contributed by atoms with van der Waals surface area (Å²) in [5.74, 6) is 3.21. The highest BCUT2D eigenvalue weighted by molar-refractivity contribution is 7.99. The number of hydrogen-bond donors (Lipinski definition) is 0. The Kier molecular flexibility index (Phi) is 3.55. The molecule has 1 fully saturated rings. The molecule has 0 amide bonds. The van der Waals surface area contributed by atoms with Crippen molar-refractivity contribution in [3.63, 3.8) is 0 Å². The summed E-state index contributed by atoms with van der Waals surface area (Å²) >= 11 is 14.5. The Hall–Kier alpha value is -0.640. The fourth-order valence-corrected chi connectivity index (χ4v) is 4.03. The minimum absolute atomic E-state index is 0.500. The van der Waals surface area contributed by atoms with E-state index in [0.29, 0.717) is 16.1 Å². The molecule has 3 rings (SSSR count). The van der Waals surface area contributed by atoms with E-state index < -0.39 is 0 Å². The van der Waals surface area contributed by atoms with Crippen LogP contribution in [-0.2, 0) is 0 Å². The standard InChI is InChI=1S/C13H12Cl2N2S/c14-10-2-1-3-11(15)12(10)13-16-5-6-17(13)9-4-7-18-8-9/h1-3,5-6,9H,4,7-8H2. The van der Waals surface area contributed by atoms with Gasteiger partial charge in [0.1, 0.15) is 5.82 Å². The summed E-state index contributed by atoms with van der Waals surface area (Å²) < 4.78 is 2.20. The molecule has 1 aliphatic heterocycles. The van der Waals surface area contributed by atoms with E-state index in [1.807, 2.05) is 42.4 Å². The SMILES string of the molecule is Clc1cccc(Cl)c1-c1nccn1C1CCSC1. The van der Waals surface area contributed by atoms with Crippen molar-refractivity contribution < 1.29 is 0 Å². The average molecular weight is 299 g/mol. The molecule has 0 N–H and O–H groups in total. The molecule has 0 radical (unpaired) electrons. The summed E-state index contributed by atoms with van der Waals surface area (Å²) in [5, 5.41) is 1.31. The van der Waals surface area contributed by atoms with E-state index in [1.165, 1.54) is 12.2 Å². The molecule has 2 nitrogen and oxygen atoms in total. The molecule has 1 aromatic heterocycles. The number of benzene rings is 1. The molecule has 1 saturated heterocycles. The van der Waals surface area contributed by atoms with Crippen LogP contribution in [0.15, 0.2) is 30.6 Å². The summed E-state index contributed by atoms with van der Waals surface area (Å²) in [6.45, 7) is 0. The van der Waals surface area contributed by atoms with Crippen LogP contribution in [0.4, 0.5) is 0 Å². The molecule has 94 valence electrons. The van der Waals surface area contributed by atoms with Crippen molar-refractivity contribution in [1.82, 2.24) is 9.55 Å². The first-order valence-corrected chi connectivity index (χ1v) is 7.73. The second-order valence-electron chi connectivity index (χ2n) is 4.27. The largest absolute Gasteiger partial charge is 0.327 e. The highest BCUT2D eigenvalue weighted by Crippen LogP contribution is 2.37. The van der Waals surface area contributed by atoms with Crippen LogP contribution in [0.1, 0.15) is 12.5 Å². The van der Waals surface area contributed by atoms with Crippen molar-refractivity contribution >= 4 is 35.0 Å². The third-order valence-electron chi connectivity index (χ3n) is 3.15. The summed E-state index contributed by atoms with van der Waals surface area (Å²) in [7, 11) is 0. The summed E-state index contributed by atoms with van der Waals surface area (Å²) in [6, 6.07) is 6.06. The molecule has 5 heteroatoms. The van der Waals surface area contributed by atoms with E-state index in [-0.39, 0.29) is 0 Å². The quantitative estimate of drug-likeness (QED) is 0.810. The van der Waals surface area contributed by atoms with Gasteiger partial charge in [0.15, 0.2) is 0 Å². The Morgan fingerprint density at radius 2 is 2.06 bits per heavy atom. The van der Waals surface area contributed by atoms with E-state index in [0.717, 1.165) is 17.1 Å². The van der Waals surface area contributed by atoms with E-state index >= 15 is 0 Å². The second kappa shape index (κ2) is 5.16. The van der Waals surface area contributed by atoms with Gasteiger partial charge in [0.05, 0.1) is 15.6 Å². The second-order valence-corrected chi connectivity index (χ2v) is 6.24. The monoisotopic (exact) mass is 298 g/mol. The molecule has 0 bridgehead atoms. The zero-order valence-corrected chi connectivity index (χ0v) is 12.0. The number of hydrogen-bond acceptors (Lipinski definition) is 2. The Bertz CT molecular complexity index is 542. The van der Waals surface area contributed by atoms with E-state index in [1.54, 1.807) is 0 Å². The molecule has 1 atom stereocenters. The van der Waals surface area contributed by atoms with Crippen LogP contribution in [0, 0.1) is 0 Å². The highest BCUT2D eigenvalue weighted by atomic mass is 35.5. The Morgan fingerprint density at radius 3 is 2.72 bits per heavy atom. The van der Waals surface area contributed by atoms with Crippen LogP contribution in [0.5, 0.6) is 0 Å². The molecule has 1 aliphatic rings. The molecule has 18 heavy (non-hydrogen) atoms. The van der Waals surface area contributed by atoms with Crippen molar-refractivity contribution in [3.05, 3.63) is 40.6 Å². The van der Waals surface area contributed by atoms with Crippen molar-refractivity contribution in [2.24, 2.45) is 0 Å². The number of rotatable bonds is 2. The fraction of sp³-hybridized carbons (Fsp3) is 0.308. The average Bonchev–Trinajstić information content (AvgIpc) is 2.98. The van der Waals surface area contributed by atoms with Gasteiger partial charge in [-0.2, -0.15) is 11.8 Å². The Morgan fingerprint density at radius 1 is 1.28 bits per heavy atom. The number of halogens is 2. The third kappa shape index (κ3) is 2.15. The molecule has 0 aliphatic carbocycles. The Balaban J connectivity index is 2.09. The van der Waals surface area contributed by atoms with Crippen molar-refractivity contribution in [2.45, 2.75) is 12.5 Å². The van der Waals surface area contributed by atoms with Crippen LogP contribution < -0.4 is 0 Å². The summed E-state index contributed by atoms with van der Waals surface area (Å²) in [6.07, 6.45) is 5.01. The lowest BCUT2D eigenvalue weighted by atomic mass is 10.2. The minimum atomic E-state index is 0.500. The number of imidazole rings is 1. The molecule has 2 heterocycles. The lowest BCUT2D eigenvalue weighted by Gasteiger charge is -2.15. The van der Waals surface area contributed by atoms with Crippen molar-refractivity contribution in [3.8, 4) is 11.4 Å². The maximum atomic E-state index is 6.26. The van der Waals surface area contributed by atoms with Gasteiger partial charge in [-0.3, -0.25) is 0 Å². The molecular formula is C13H12Cl2N2S. The first-order valence-electron chi connectivity index (χ1n) is 5.82. The molecule has 1 aromatic carbocycles. The zero-order chi connectivity index (χ0) is 12.5. The first-order chi connectivity index (χ1) is 8.77. The van der Waals surface area contributed by atoms with Gasteiger partial charge in [-0.25, -0.2) is 4.98 Å². The predicted octanol–water partition coefficient (Wildman–Crippen LogP) is 4.53. The highest BCUT2D eigenvalue weighted by Gasteiger charge is 2.22. The molecule has 0 saturated carbocycles. The van der Waals surface area contributed by atoms with Gasteiger partial charge in [-0.15, -0.1) is 0 Å². The van der Waals surface area contributed by atoms with Crippen molar-refractivity contribution in [1.29, 1.82) is 0 Å². The van der Waals surface area contributed by atoms with Crippen LogP contribution >= 0.6 is 35.0 Å². The fourth-order valence-electron chi connectivity index (χ4n) is 2.25. The van der Waals surface area contributed by atoms with Crippen molar-refractivity contribution in [2.75, 3.05) is 11.5 Å². The Labute approximate surface area is 120 Å². The number of aromatic nitrogens is 2.